The van der Waals surface area contributed by atoms with E-state index in [-0.39, 0.29) is 12.0 Å². The van der Waals surface area contributed by atoms with E-state index in [0.717, 1.165) is 16.8 Å². The third-order valence-corrected chi connectivity index (χ3v) is 4.76. The predicted octanol–water partition coefficient (Wildman–Crippen LogP) is 2.67. The number of pyridine rings is 1. The number of carbonyl (C=O) groups excluding carboxylic acids is 2. The van der Waals surface area contributed by atoms with Crippen molar-refractivity contribution < 1.29 is 14.3 Å². The first-order valence-corrected chi connectivity index (χ1v) is 9.65. The second-order valence-corrected chi connectivity index (χ2v) is 8.33. The fourth-order valence-electron chi connectivity index (χ4n) is 3.54. The van der Waals surface area contributed by atoms with E-state index in [2.05, 4.69) is 10.1 Å². The number of aromatic nitrogens is 3. The van der Waals surface area contributed by atoms with Gasteiger partial charge in [0.05, 0.1) is 16.6 Å². The average molecular weight is 387 g/mol. The lowest BCUT2D eigenvalue weighted by Gasteiger charge is -2.26. The molecule has 3 heterocycles. The number of aryl methyl sites for hydroxylation is 3. The van der Waals surface area contributed by atoms with Crippen LogP contribution in [0.15, 0.2) is 6.07 Å². The van der Waals surface area contributed by atoms with Crippen LogP contribution >= 0.6 is 0 Å². The van der Waals surface area contributed by atoms with Gasteiger partial charge in [-0.3, -0.25) is 9.48 Å². The summed E-state index contributed by atoms with van der Waals surface area (Å²) in [5.74, 6) is -0.0439. The standard InChI is InChI=1S/C20H29N5O3/c1-13-12-15(16-14(2)22-23(6)17(16)21-13)18(26)24-8-7-9-25(11-10-24)19(27)28-20(3,4)5/h12H,7-11H2,1-6H3. The van der Waals surface area contributed by atoms with Crippen molar-refractivity contribution in [3.63, 3.8) is 0 Å². The maximum atomic E-state index is 13.3. The van der Waals surface area contributed by atoms with Gasteiger partial charge in [-0.15, -0.1) is 0 Å². The quantitative estimate of drug-likeness (QED) is 0.751. The first kappa shape index (κ1) is 20.1. The minimum absolute atomic E-state index is 0.0439. The molecular formula is C20H29N5O3. The molecule has 0 bridgehead atoms. The van der Waals surface area contributed by atoms with Crippen LogP contribution in [0.2, 0.25) is 0 Å². The minimum Gasteiger partial charge on any atom is -0.444 e. The molecule has 1 aliphatic heterocycles. The van der Waals surface area contributed by atoms with E-state index in [1.807, 2.05) is 52.6 Å². The molecule has 0 N–H and O–H groups in total. The SMILES string of the molecule is Cc1cc(C(=O)N2CCCN(C(=O)OC(C)(C)C)CC2)c2c(C)nn(C)c2n1. The number of fused-ring (bicyclic) bond motifs is 1. The maximum absolute atomic E-state index is 13.3. The zero-order valence-electron chi connectivity index (χ0n) is 17.6. The number of carbonyl (C=O) groups is 2. The molecule has 1 fully saturated rings. The van der Waals surface area contributed by atoms with E-state index < -0.39 is 5.60 Å². The van der Waals surface area contributed by atoms with Crippen molar-refractivity contribution in [3.05, 3.63) is 23.0 Å². The third kappa shape index (κ3) is 4.10. The van der Waals surface area contributed by atoms with Gasteiger partial charge in [0.25, 0.3) is 5.91 Å². The molecule has 28 heavy (non-hydrogen) atoms. The maximum Gasteiger partial charge on any atom is 0.410 e. The highest BCUT2D eigenvalue weighted by molar-refractivity contribution is 6.06. The molecule has 2 aromatic rings. The first-order valence-electron chi connectivity index (χ1n) is 9.65. The van der Waals surface area contributed by atoms with Crippen molar-refractivity contribution in [2.75, 3.05) is 26.2 Å². The average Bonchev–Trinajstić information content (AvgIpc) is 2.77. The second-order valence-electron chi connectivity index (χ2n) is 8.33. The van der Waals surface area contributed by atoms with Gasteiger partial charge in [-0.25, -0.2) is 9.78 Å². The summed E-state index contributed by atoms with van der Waals surface area (Å²) >= 11 is 0. The largest absolute Gasteiger partial charge is 0.444 e. The van der Waals surface area contributed by atoms with Gasteiger partial charge in [0, 0.05) is 38.9 Å². The third-order valence-electron chi connectivity index (χ3n) is 4.76. The van der Waals surface area contributed by atoms with Crippen LogP contribution in [-0.2, 0) is 11.8 Å². The molecule has 152 valence electrons. The van der Waals surface area contributed by atoms with Gasteiger partial charge in [0.2, 0.25) is 0 Å². The van der Waals surface area contributed by atoms with Crippen LogP contribution < -0.4 is 0 Å². The molecule has 3 rings (SSSR count). The summed E-state index contributed by atoms with van der Waals surface area (Å²) in [6, 6.07) is 1.83. The normalized spacial score (nSPS) is 15.6. The lowest BCUT2D eigenvalue weighted by Crippen LogP contribution is -2.40. The molecule has 0 spiro atoms. The first-order chi connectivity index (χ1) is 13.1. The Labute approximate surface area is 165 Å². The van der Waals surface area contributed by atoms with E-state index in [0.29, 0.717) is 43.8 Å². The highest BCUT2D eigenvalue weighted by Gasteiger charge is 2.28. The highest BCUT2D eigenvalue weighted by Crippen LogP contribution is 2.23. The van der Waals surface area contributed by atoms with Crippen LogP contribution in [0.25, 0.3) is 11.0 Å². The predicted molar refractivity (Wildman–Crippen MR) is 106 cm³/mol. The Morgan fingerprint density at radius 3 is 2.39 bits per heavy atom. The number of amides is 2. The molecule has 1 aliphatic rings. The van der Waals surface area contributed by atoms with Crippen LogP contribution in [0.3, 0.4) is 0 Å². The van der Waals surface area contributed by atoms with Gasteiger partial charge in [0.1, 0.15) is 5.60 Å². The molecule has 8 nitrogen and oxygen atoms in total. The van der Waals surface area contributed by atoms with Crippen molar-refractivity contribution in [3.8, 4) is 0 Å². The van der Waals surface area contributed by atoms with Crippen LogP contribution in [0.4, 0.5) is 4.79 Å². The zero-order chi connectivity index (χ0) is 20.6. The van der Waals surface area contributed by atoms with Crippen molar-refractivity contribution in [1.82, 2.24) is 24.6 Å². The van der Waals surface area contributed by atoms with E-state index in [4.69, 9.17) is 4.74 Å². The summed E-state index contributed by atoms with van der Waals surface area (Å²) < 4.78 is 7.18. The molecule has 1 saturated heterocycles. The van der Waals surface area contributed by atoms with E-state index in [9.17, 15) is 9.59 Å². The summed E-state index contributed by atoms with van der Waals surface area (Å²) in [7, 11) is 1.83. The Morgan fingerprint density at radius 1 is 1.07 bits per heavy atom. The van der Waals surface area contributed by atoms with Crippen LogP contribution in [0.5, 0.6) is 0 Å². The van der Waals surface area contributed by atoms with Gasteiger partial charge in [-0.05, 0) is 47.1 Å². The molecule has 0 radical (unpaired) electrons. The number of rotatable bonds is 1. The lowest BCUT2D eigenvalue weighted by atomic mass is 10.1. The Balaban J connectivity index is 1.81. The van der Waals surface area contributed by atoms with Crippen LogP contribution in [-0.4, -0.2) is 68.3 Å². The number of hydrogen-bond acceptors (Lipinski definition) is 5. The van der Waals surface area contributed by atoms with Crippen molar-refractivity contribution in [2.45, 2.75) is 46.6 Å². The topological polar surface area (TPSA) is 80.6 Å². The summed E-state index contributed by atoms with van der Waals surface area (Å²) in [6.07, 6.45) is 0.386. The number of nitrogens with zero attached hydrogens (tertiary/aromatic N) is 5. The van der Waals surface area contributed by atoms with Crippen molar-refractivity contribution in [1.29, 1.82) is 0 Å². The molecule has 8 heteroatoms. The smallest absolute Gasteiger partial charge is 0.410 e. The zero-order valence-corrected chi connectivity index (χ0v) is 17.6. The van der Waals surface area contributed by atoms with E-state index in [1.165, 1.54) is 0 Å². The number of hydrogen-bond donors (Lipinski definition) is 0. The van der Waals surface area contributed by atoms with E-state index >= 15 is 0 Å². The van der Waals surface area contributed by atoms with Gasteiger partial charge in [-0.2, -0.15) is 5.10 Å². The van der Waals surface area contributed by atoms with Gasteiger partial charge >= 0.3 is 6.09 Å². The monoisotopic (exact) mass is 387 g/mol. The van der Waals surface area contributed by atoms with Gasteiger partial charge < -0.3 is 14.5 Å². The molecule has 0 atom stereocenters. The van der Waals surface area contributed by atoms with E-state index in [1.54, 1.807) is 9.58 Å². The summed E-state index contributed by atoms with van der Waals surface area (Å²) in [5.41, 5.74) is 2.38. The van der Waals surface area contributed by atoms with Gasteiger partial charge in [-0.1, -0.05) is 0 Å². The lowest BCUT2D eigenvalue weighted by molar-refractivity contribution is 0.0255. The molecule has 2 aromatic heterocycles. The highest BCUT2D eigenvalue weighted by atomic mass is 16.6. The van der Waals surface area contributed by atoms with Crippen molar-refractivity contribution in [2.24, 2.45) is 7.05 Å². The van der Waals surface area contributed by atoms with Crippen molar-refractivity contribution >= 4 is 23.0 Å². The summed E-state index contributed by atoms with van der Waals surface area (Å²) in [4.78, 5) is 33.7. The molecule has 0 unspecified atom stereocenters. The summed E-state index contributed by atoms with van der Waals surface area (Å²) in [5, 5.41) is 5.22. The Hall–Kier alpha value is -2.64. The van der Waals surface area contributed by atoms with Gasteiger partial charge in [0.15, 0.2) is 5.65 Å². The Morgan fingerprint density at radius 2 is 1.71 bits per heavy atom. The molecule has 0 saturated carbocycles. The molecule has 0 aliphatic carbocycles. The molecule has 0 aromatic carbocycles. The number of ether oxygens (including phenoxy) is 1. The Kier molecular flexibility index (Phi) is 5.32. The fraction of sp³-hybridized carbons (Fsp3) is 0.600. The van der Waals surface area contributed by atoms with Crippen LogP contribution in [0, 0.1) is 13.8 Å². The Bertz CT molecular complexity index is 913. The summed E-state index contributed by atoms with van der Waals surface area (Å²) in [6.45, 7) is 11.4. The molecular weight excluding hydrogens is 358 g/mol. The second kappa shape index (κ2) is 7.41. The minimum atomic E-state index is -0.531. The fourth-order valence-corrected chi connectivity index (χ4v) is 3.54. The molecule has 2 amide bonds. The van der Waals surface area contributed by atoms with Crippen LogP contribution in [0.1, 0.15) is 48.9 Å².